The van der Waals surface area contributed by atoms with E-state index in [1.165, 1.54) is 11.1 Å². The van der Waals surface area contributed by atoms with E-state index in [2.05, 4.69) is 12.2 Å². The van der Waals surface area contributed by atoms with Gasteiger partial charge in [0, 0.05) is 27.6 Å². The molecule has 0 aromatic heterocycles. The molecule has 0 spiro atoms. The van der Waals surface area contributed by atoms with E-state index in [9.17, 15) is 0 Å². The van der Waals surface area contributed by atoms with E-state index in [1.807, 2.05) is 30.9 Å². The van der Waals surface area contributed by atoms with Crippen molar-refractivity contribution in [3.05, 3.63) is 28.3 Å². The van der Waals surface area contributed by atoms with Gasteiger partial charge in [0.2, 0.25) is 0 Å². The predicted molar refractivity (Wildman–Crippen MR) is 70.6 cm³/mol. The van der Waals surface area contributed by atoms with Gasteiger partial charge in [0.05, 0.1) is 7.11 Å². The van der Waals surface area contributed by atoms with E-state index >= 15 is 0 Å². The lowest BCUT2D eigenvalue weighted by Gasteiger charge is -2.32. The fourth-order valence-electron chi connectivity index (χ4n) is 2.22. The van der Waals surface area contributed by atoms with Crippen molar-refractivity contribution in [3.63, 3.8) is 0 Å². The summed E-state index contributed by atoms with van der Waals surface area (Å²) < 4.78 is 5.40. The SMILES string of the molecule is CNC1c2c(Cl)ccc(OC)c2CSC1C. The maximum absolute atomic E-state index is 6.31. The number of thioether (sulfide) groups is 1. The predicted octanol–water partition coefficient (Wildman–Crippen LogP) is 3.24. The van der Waals surface area contributed by atoms with Crippen molar-refractivity contribution >= 4 is 23.4 Å². The summed E-state index contributed by atoms with van der Waals surface area (Å²) in [5.74, 6) is 1.91. The molecule has 4 heteroatoms. The van der Waals surface area contributed by atoms with E-state index in [1.54, 1.807) is 7.11 Å². The van der Waals surface area contributed by atoms with Crippen molar-refractivity contribution in [1.82, 2.24) is 5.32 Å². The molecule has 0 saturated heterocycles. The largest absolute Gasteiger partial charge is 0.496 e. The first-order valence-electron chi connectivity index (χ1n) is 5.33. The third-order valence-electron chi connectivity index (χ3n) is 3.06. The molecule has 0 radical (unpaired) electrons. The fourth-order valence-corrected chi connectivity index (χ4v) is 3.70. The second kappa shape index (κ2) is 4.86. The Morgan fingerprint density at radius 3 is 2.88 bits per heavy atom. The molecule has 0 bridgehead atoms. The number of hydrogen-bond acceptors (Lipinski definition) is 3. The number of fused-ring (bicyclic) bond motifs is 1. The average Bonchev–Trinajstić information content (AvgIpc) is 2.30. The Balaban J connectivity index is 2.55. The summed E-state index contributed by atoms with van der Waals surface area (Å²) in [4.78, 5) is 0. The number of hydrogen-bond donors (Lipinski definition) is 1. The van der Waals surface area contributed by atoms with Gasteiger partial charge in [0.15, 0.2) is 0 Å². The van der Waals surface area contributed by atoms with Gasteiger partial charge in [-0.05, 0) is 24.7 Å². The highest BCUT2D eigenvalue weighted by Gasteiger charge is 2.29. The second-order valence-electron chi connectivity index (χ2n) is 3.92. The van der Waals surface area contributed by atoms with Crippen molar-refractivity contribution in [2.24, 2.45) is 0 Å². The molecular weight excluding hydrogens is 242 g/mol. The zero-order valence-corrected chi connectivity index (χ0v) is 11.3. The van der Waals surface area contributed by atoms with E-state index in [0.29, 0.717) is 11.3 Å². The van der Waals surface area contributed by atoms with Crippen LogP contribution in [0, 0.1) is 0 Å². The molecule has 0 aliphatic carbocycles. The summed E-state index contributed by atoms with van der Waals surface area (Å²) in [7, 11) is 3.69. The first-order valence-corrected chi connectivity index (χ1v) is 6.75. The smallest absolute Gasteiger partial charge is 0.123 e. The van der Waals surface area contributed by atoms with Gasteiger partial charge >= 0.3 is 0 Å². The molecule has 2 rings (SSSR count). The maximum Gasteiger partial charge on any atom is 0.123 e. The lowest BCUT2D eigenvalue weighted by Crippen LogP contribution is -2.29. The lowest BCUT2D eigenvalue weighted by atomic mass is 9.97. The Morgan fingerprint density at radius 1 is 1.50 bits per heavy atom. The number of rotatable bonds is 2. The number of nitrogens with one attached hydrogen (secondary N) is 1. The van der Waals surface area contributed by atoms with Gasteiger partial charge in [-0.1, -0.05) is 18.5 Å². The topological polar surface area (TPSA) is 21.3 Å². The van der Waals surface area contributed by atoms with E-state index in [-0.39, 0.29) is 0 Å². The second-order valence-corrected chi connectivity index (χ2v) is 5.70. The molecule has 1 aliphatic heterocycles. The summed E-state index contributed by atoms with van der Waals surface area (Å²) in [5, 5.41) is 4.71. The number of benzene rings is 1. The molecule has 0 fully saturated rings. The number of ether oxygens (including phenoxy) is 1. The molecule has 1 N–H and O–H groups in total. The van der Waals surface area contributed by atoms with Crippen LogP contribution in [0.5, 0.6) is 5.75 Å². The number of halogens is 1. The van der Waals surface area contributed by atoms with Crippen LogP contribution in [0.15, 0.2) is 12.1 Å². The molecule has 0 saturated carbocycles. The average molecular weight is 258 g/mol. The fraction of sp³-hybridized carbons (Fsp3) is 0.500. The molecule has 0 amide bonds. The van der Waals surface area contributed by atoms with Crippen LogP contribution < -0.4 is 10.1 Å². The Morgan fingerprint density at radius 2 is 2.25 bits per heavy atom. The Bertz CT molecular complexity index is 397. The molecule has 1 heterocycles. The molecule has 1 aromatic carbocycles. The van der Waals surface area contributed by atoms with Gasteiger partial charge in [0.25, 0.3) is 0 Å². The third kappa shape index (κ3) is 1.92. The van der Waals surface area contributed by atoms with Gasteiger partial charge in [0.1, 0.15) is 5.75 Å². The summed E-state index contributed by atoms with van der Waals surface area (Å²) in [6.07, 6.45) is 0. The van der Waals surface area contributed by atoms with E-state index in [0.717, 1.165) is 16.5 Å². The van der Waals surface area contributed by atoms with E-state index in [4.69, 9.17) is 16.3 Å². The molecule has 2 atom stereocenters. The Hall–Kier alpha value is -0.380. The van der Waals surface area contributed by atoms with Crippen LogP contribution in [0.4, 0.5) is 0 Å². The highest BCUT2D eigenvalue weighted by Crippen LogP contribution is 2.44. The minimum absolute atomic E-state index is 0.302. The highest BCUT2D eigenvalue weighted by atomic mass is 35.5. The summed E-state index contributed by atoms with van der Waals surface area (Å²) >= 11 is 8.24. The zero-order valence-electron chi connectivity index (χ0n) is 9.71. The van der Waals surface area contributed by atoms with Crippen LogP contribution in [0.25, 0.3) is 0 Å². The zero-order chi connectivity index (χ0) is 11.7. The van der Waals surface area contributed by atoms with Gasteiger partial charge in [-0.15, -0.1) is 0 Å². The summed E-state index contributed by atoms with van der Waals surface area (Å²) in [5.41, 5.74) is 2.44. The van der Waals surface area contributed by atoms with Crippen molar-refractivity contribution in [3.8, 4) is 5.75 Å². The first kappa shape index (κ1) is 12.1. The van der Waals surface area contributed by atoms with Crippen LogP contribution in [0.3, 0.4) is 0 Å². The maximum atomic E-state index is 6.31. The molecule has 2 nitrogen and oxygen atoms in total. The Labute approximate surface area is 106 Å². The van der Waals surface area contributed by atoms with Gasteiger partial charge in [-0.25, -0.2) is 0 Å². The van der Waals surface area contributed by atoms with Gasteiger partial charge in [-0.2, -0.15) is 11.8 Å². The quantitative estimate of drug-likeness (QED) is 0.879. The first-order chi connectivity index (χ1) is 7.69. The summed E-state index contributed by atoms with van der Waals surface area (Å²) in [6, 6.07) is 4.17. The van der Waals surface area contributed by atoms with Crippen LogP contribution in [0.1, 0.15) is 24.1 Å². The monoisotopic (exact) mass is 257 g/mol. The van der Waals surface area contributed by atoms with E-state index < -0.39 is 0 Å². The minimum Gasteiger partial charge on any atom is -0.496 e. The highest BCUT2D eigenvalue weighted by molar-refractivity contribution is 7.99. The molecule has 1 aliphatic rings. The third-order valence-corrected chi connectivity index (χ3v) is 4.65. The van der Waals surface area contributed by atoms with Crippen LogP contribution in [-0.2, 0) is 5.75 Å². The van der Waals surface area contributed by atoms with Crippen LogP contribution in [-0.4, -0.2) is 19.4 Å². The molecular formula is C12H16ClNOS. The van der Waals surface area contributed by atoms with Gasteiger partial charge < -0.3 is 10.1 Å². The Kier molecular flexibility index (Phi) is 3.67. The summed E-state index contributed by atoms with van der Waals surface area (Å²) in [6.45, 7) is 2.23. The number of methoxy groups -OCH3 is 1. The van der Waals surface area contributed by atoms with Gasteiger partial charge in [-0.3, -0.25) is 0 Å². The molecule has 88 valence electrons. The standard InChI is InChI=1S/C12H16ClNOS/c1-7-12(14-2)11-8(6-16-7)10(15-3)5-4-9(11)13/h4-5,7,12,14H,6H2,1-3H3. The van der Waals surface area contributed by atoms with Crippen LogP contribution >= 0.6 is 23.4 Å². The molecule has 16 heavy (non-hydrogen) atoms. The van der Waals surface area contributed by atoms with Crippen molar-refractivity contribution in [2.45, 2.75) is 24.0 Å². The molecule has 2 unspecified atom stereocenters. The van der Waals surface area contributed by atoms with Crippen molar-refractivity contribution < 1.29 is 4.74 Å². The van der Waals surface area contributed by atoms with Crippen LogP contribution in [0.2, 0.25) is 5.02 Å². The normalized spacial score (nSPS) is 24.0. The molecule has 1 aromatic rings. The van der Waals surface area contributed by atoms with Crippen molar-refractivity contribution in [2.75, 3.05) is 14.2 Å². The minimum atomic E-state index is 0.302. The lowest BCUT2D eigenvalue weighted by molar-refractivity contribution is 0.408. The van der Waals surface area contributed by atoms with Crippen molar-refractivity contribution in [1.29, 1.82) is 0 Å².